The molecule has 2 aliphatic heterocycles. The second kappa shape index (κ2) is 10.5. The number of halogens is 6. The van der Waals surface area contributed by atoms with Crippen molar-refractivity contribution >= 4 is 11.9 Å². The quantitative estimate of drug-likeness (QED) is 0.310. The summed E-state index contributed by atoms with van der Waals surface area (Å²) in [6, 6.07) is 9.04. The molecule has 3 heterocycles. The third kappa shape index (κ3) is 5.64. The van der Waals surface area contributed by atoms with Gasteiger partial charge in [-0.25, -0.2) is 9.78 Å². The molecule has 2 aliphatic rings. The van der Waals surface area contributed by atoms with E-state index in [1.807, 2.05) is 24.0 Å². The number of alkyl halides is 6. The summed E-state index contributed by atoms with van der Waals surface area (Å²) in [6.45, 7) is 4.90. The van der Waals surface area contributed by atoms with E-state index in [2.05, 4.69) is 0 Å². The Hall–Kier alpha value is -3.96. The predicted octanol–water partition coefficient (Wildman–Crippen LogP) is 7.35. The minimum atomic E-state index is -5.04. The summed E-state index contributed by atoms with van der Waals surface area (Å²) in [5, 5.41) is 10.7. The number of phenols is 1. The van der Waals surface area contributed by atoms with E-state index in [-0.39, 0.29) is 18.4 Å². The lowest BCUT2D eigenvalue weighted by molar-refractivity contribution is -0.143. The van der Waals surface area contributed by atoms with Gasteiger partial charge in [0.15, 0.2) is 0 Å². The summed E-state index contributed by atoms with van der Waals surface area (Å²) in [5.74, 6) is 0.658. The smallest absolute Gasteiger partial charge is 0.416 e. The molecule has 2 saturated heterocycles. The number of phenolic OH excluding ortho intramolecular Hbond substituents is 1. The van der Waals surface area contributed by atoms with Gasteiger partial charge in [-0.05, 0) is 73.4 Å². The molecular weight excluding hydrogens is 552 g/mol. The van der Waals surface area contributed by atoms with Crippen molar-refractivity contribution < 1.29 is 41.0 Å². The number of nitrogens with zero attached hydrogens (tertiary/aromatic N) is 3. The van der Waals surface area contributed by atoms with Crippen molar-refractivity contribution in [3.63, 3.8) is 0 Å². The predicted molar refractivity (Wildman–Crippen MR) is 138 cm³/mol. The fourth-order valence-electron chi connectivity index (χ4n) is 5.06. The Morgan fingerprint density at radius 2 is 1.61 bits per heavy atom. The number of anilines is 1. The first-order chi connectivity index (χ1) is 19.3. The third-order valence-electron chi connectivity index (χ3n) is 7.55. The number of hydrogen-bond donors (Lipinski definition) is 1. The number of hydrogen-bond acceptors (Lipinski definition) is 5. The first-order valence-electron chi connectivity index (χ1n) is 13.1. The zero-order chi connectivity index (χ0) is 29.7. The Bertz CT molecular complexity index is 1440. The number of aromatic hydroxyl groups is 1. The van der Waals surface area contributed by atoms with Crippen LogP contribution in [0.3, 0.4) is 0 Å². The Kier molecular flexibility index (Phi) is 7.29. The molecule has 41 heavy (non-hydrogen) atoms. The van der Waals surface area contributed by atoms with Gasteiger partial charge >= 0.3 is 18.4 Å². The number of carbonyl (C=O) groups is 1. The summed E-state index contributed by atoms with van der Waals surface area (Å²) >= 11 is 0. The molecule has 12 heteroatoms. The molecule has 6 nitrogen and oxygen atoms in total. The Morgan fingerprint density at radius 1 is 0.951 bits per heavy atom. The maximum Gasteiger partial charge on any atom is 0.416 e. The highest BCUT2D eigenvalue weighted by Crippen LogP contribution is 2.42. The van der Waals surface area contributed by atoms with Crippen LogP contribution in [0.2, 0.25) is 0 Å². The molecule has 0 radical (unpaired) electrons. The van der Waals surface area contributed by atoms with Crippen LogP contribution in [0.1, 0.15) is 54.3 Å². The summed E-state index contributed by atoms with van der Waals surface area (Å²) < 4.78 is 86.2. The van der Waals surface area contributed by atoms with Crippen LogP contribution >= 0.6 is 0 Å². The minimum absolute atomic E-state index is 0.000481. The summed E-state index contributed by atoms with van der Waals surface area (Å²) in [5.41, 5.74) is -0.984. The number of aryl methyl sites for hydroxylation is 1. The average molecular weight is 580 g/mol. The summed E-state index contributed by atoms with van der Waals surface area (Å²) in [6.07, 6.45) is -10.7. The number of carbonyl (C=O) groups excluding carboxylic acids is 1. The van der Waals surface area contributed by atoms with Crippen molar-refractivity contribution in [3.8, 4) is 16.9 Å². The molecule has 0 saturated carbocycles. The van der Waals surface area contributed by atoms with Crippen molar-refractivity contribution in [2.75, 3.05) is 18.0 Å². The molecule has 0 spiro atoms. The zero-order valence-corrected chi connectivity index (χ0v) is 22.2. The van der Waals surface area contributed by atoms with E-state index in [4.69, 9.17) is 9.72 Å². The summed E-state index contributed by atoms with van der Waals surface area (Å²) in [4.78, 5) is 21.0. The van der Waals surface area contributed by atoms with Gasteiger partial charge in [-0.3, -0.25) is 4.90 Å². The van der Waals surface area contributed by atoms with Gasteiger partial charge in [-0.2, -0.15) is 26.3 Å². The van der Waals surface area contributed by atoms with Gasteiger partial charge in [0.2, 0.25) is 0 Å². The third-order valence-corrected chi connectivity index (χ3v) is 7.55. The lowest BCUT2D eigenvalue weighted by Gasteiger charge is -2.33. The molecule has 5 rings (SSSR count). The summed E-state index contributed by atoms with van der Waals surface area (Å²) in [7, 11) is 0. The molecule has 0 aliphatic carbocycles. The minimum Gasteiger partial charge on any atom is -0.507 e. The number of amides is 1. The molecule has 218 valence electrons. The first kappa shape index (κ1) is 28.6. The van der Waals surface area contributed by atoms with Crippen LogP contribution in [-0.2, 0) is 30.1 Å². The van der Waals surface area contributed by atoms with Gasteiger partial charge in [0, 0.05) is 24.2 Å². The van der Waals surface area contributed by atoms with E-state index in [9.17, 15) is 36.2 Å². The van der Waals surface area contributed by atoms with Crippen LogP contribution in [0, 0.1) is 0 Å². The monoisotopic (exact) mass is 579 g/mol. The molecule has 1 unspecified atom stereocenters. The van der Waals surface area contributed by atoms with Gasteiger partial charge < -0.3 is 14.7 Å². The molecule has 1 N–H and O–H groups in total. The number of cyclic esters (lactones) is 1. The normalized spacial score (nSPS) is 19.4. The molecular formula is C29H27F6N3O3. The topological polar surface area (TPSA) is 65.9 Å². The van der Waals surface area contributed by atoms with E-state index in [1.165, 1.54) is 11.8 Å². The molecule has 1 amide bonds. The van der Waals surface area contributed by atoms with Crippen molar-refractivity contribution in [3.05, 3.63) is 76.5 Å². The van der Waals surface area contributed by atoms with Crippen molar-refractivity contribution in [2.45, 2.75) is 57.7 Å². The van der Waals surface area contributed by atoms with Gasteiger partial charge in [0.1, 0.15) is 17.7 Å². The molecule has 3 aromatic rings. The van der Waals surface area contributed by atoms with E-state index < -0.39 is 47.3 Å². The standard InChI is InChI=1S/C29H27F6N3O3/c1-3-17-5-7-24(39)22(11-17)21-6-8-25(37-9-4-10-37)36-23(21)15-38-16(2)26(41-27(38)40)18-12-19(28(30,31)32)14-20(13-18)29(33,34)35/h5-8,11-14,16,26,39H,3-4,9-10,15H2,1-2H3/t16?,26-/m0/s1. The van der Waals surface area contributed by atoms with Crippen LogP contribution in [0.4, 0.5) is 37.0 Å². The van der Waals surface area contributed by atoms with Crippen LogP contribution in [0.5, 0.6) is 5.75 Å². The molecule has 0 bridgehead atoms. The second-order valence-corrected chi connectivity index (χ2v) is 10.2. The Balaban J connectivity index is 1.52. The lowest BCUT2D eigenvalue weighted by Crippen LogP contribution is -2.38. The Labute approximate surface area is 232 Å². The van der Waals surface area contributed by atoms with Gasteiger partial charge in [-0.15, -0.1) is 0 Å². The Morgan fingerprint density at radius 3 is 2.17 bits per heavy atom. The fourth-order valence-corrected chi connectivity index (χ4v) is 5.06. The highest BCUT2D eigenvalue weighted by atomic mass is 19.4. The zero-order valence-electron chi connectivity index (χ0n) is 22.2. The van der Waals surface area contributed by atoms with Crippen LogP contribution in [0.15, 0.2) is 48.5 Å². The van der Waals surface area contributed by atoms with E-state index in [0.29, 0.717) is 41.2 Å². The van der Waals surface area contributed by atoms with Crippen molar-refractivity contribution in [1.82, 2.24) is 9.88 Å². The van der Waals surface area contributed by atoms with E-state index in [0.717, 1.165) is 25.1 Å². The molecule has 2 fully saturated rings. The van der Waals surface area contributed by atoms with Crippen LogP contribution in [0.25, 0.3) is 11.1 Å². The maximum absolute atomic E-state index is 13.5. The van der Waals surface area contributed by atoms with Crippen molar-refractivity contribution in [2.24, 2.45) is 0 Å². The van der Waals surface area contributed by atoms with Gasteiger partial charge in [0.05, 0.1) is 29.4 Å². The van der Waals surface area contributed by atoms with Crippen LogP contribution < -0.4 is 4.90 Å². The lowest BCUT2D eigenvalue weighted by atomic mass is 9.96. The number of benzene rings is 2. The highest BCUT2D eigenvalue weighted by molar-refractivity contribution is 5.76. The first-order valence-corrected chi connectivity index (χ1v) is 13.1. The van der Waals surface area contributed by atoms with Gasteiger partial charge in [-0.1, -0.05) is 13.0 Å². The number of ether oxygens (including phenoxy) is 1. The maximum atomic E-state index is 13.5. The van der Waals surface area contributed by atoms with E-state index >= 15 is 0 Å². The fraction of sp³-hybridized carbons (Fsp3) is 0.379. The second-order valence-electron chi connectivity index (χ2n) is 10.2. The van der Waals surface area contributed by atoms with Crippen LogP contribution in [-0.4, -0.2) is 40.2 Å². The highest BCUT2D eigenvalue weighted by Gasteiger charge is 2.43. The number of aromatic nitrogens is 1. The SMILES string of the molecule is CCc1ccc(O)c(-c2ccc(N3CCC3)nc2CN2C(=O)O[C@H](c3cc(C(F)(F)F)cc(C(F)(F)F)c3)C2C)c1. The van der Waals surface area contributed by atoms with Gasteiger partial charge in [0.25, 0.3) is 0 Å². The molecule has 1 aromatic heterocycles. The van der Waals surface area contributed by atoms with Crippen molar-refractivity contribution in [1.29, 1.82) is 0 Å². The van der Waals surface area contributed by atoms with E-state index in [1.54, 1.807) is 18.2 Å². The number of rotatable bonds is 6. The molecule has 2 atom stereocenters. The average Bonchev–Trinajstić information content (AvgIpc) is 3.15. The number of pyridine rings is 1. The molecule has 2 aromatic carbocycles. The largest absolute Gasteiger partial charge is 0.507 e.